The lowest BCUT2D eigenvalue weighted by Gasteiger charge is -2.16. The molecule has 1 heterocycles. The van der Waals surface area contributed by atoms with Gasteiger partial charge in [-0.2, -0.15) is 0 Å². The molecule has 0 spiro atoms. The van der Waals surface area contributed by atoms with Crippen LogP contribution in [0.25, 0.3) is 10.8 Å². The zero-order valence-electron chi connectivity index (χ0n) is 15.5. The van der Waals surface area contributed by atoms with E-state index in [1.165, 1.54) is 0 Å². The van der Waals surface area contributed by atoms with Gasteiger partial charge in [0.25, 0.3) is 5.56 Å². The van der Waals surface area contributed by atoms with Gasteiger partial charge in [0, 0.05) is 23.5 Å². The molecule has 0 saturated carbocycles. The Hall–Kier alpha value is -2.83. The van der Waals surface area contributed by atoms with Gasteiger partial charge in [-0.15, -0.1) is 0 Å². The van der Waals surface area contributed by atoms with Gasteiger partial charge in [0.2, 0.25) is 0 Å². The molecule has 0 aliphatic heterocycles. The van der Waals surface area contributed by atoms with Gasteiger partial charge in [0.15, 0.2) is 0 Å². The highest BCUT2D eigenvalue weighted by molar-refractivity contribution is 6.01. The van der Waals surface area contributed by atoms with Gasteiger partial charge in [0.05, 0.1) is 12.3 Å². The number of ether oxygens (including phenoxy) is 1. The van der Waals surface area contributed by atoms with Crippen molar-refractivity contribution in [2.45, 2.75) is 40.3 Å². The molecule has 0 bridgehead atoms. The molecule has 1 aromatic heterocycles. The molecule has 7 nitrogen and oxygen atoms in total. The van der Waals surface area contributed by atoms with E-state index in [2.05, 4.69) is 10.6 Å². The van der Waals surface area contributed by atoms with Crippen LogP contribution in [0.3, 0.4) is 0 Å². The highest BCUT2D eigenvalue weighted by Gasteiger charge is 2.18. The van der Waals surface area contributed by atoms with Crippen LogP contribution in [0.2, 0.25) is 0 Å². The smallest absolute Gasteiger partial charge is 0.328 e. The number of nitrogens with one attached hydrogen (secondary N) is 2. The van der Waals surface area contributed by atoms with E-state index in [-0.39, 0.29) is 18.1 Å². The van der Waals surface area contributed by atoms with Crippen molar-refractivity contribution in [3.63, 3.8) is 0 Å². The molecule has 26 heavy (non-hydrogen) atoms. The molecule has 7 heteroatoms. The SMILES string of the molecule is CCOC(=O)C(C)NC(=O)Nc1cn(CC(C)C)c(=O)c2ccccc12. The van der Waals surface area contributed by atoms with Gasteiger partial charge in [-0.3, -0.25) is 4.79 Å². The number of urea groups is 1. The van der Waals surface area contributed by atoms with Crippen LogP contribution in [0.15, 0.2) is 35.3 Å². The topological polar surface area (TPSA) is 89.4 Å². The Morgan fingerprint density at radius 3 is 2.42 bits per heavy atom. The number of amides is 2. The van der Waals surface area contributed by atoms with Crippen LogP contribution in [0.4, 0.5) is 10.5 Å². The number of carbonyl (C=O) groups excluding carboxylic acids is 2. The Bertz CT molecular complexity index is 857. The fourth-order valence-corrected chi connectivity index (χ4v) is 2.65. The summed E-state index contributed by atoms with van der Waals surface area (Å²) < 4.78 is 6.47. The number of esters is 1. The fourth-order valence-electron chi connectivity index (χ4n) is 2.65. The predicted octanol–water partition coefficient (Wildman–Crippen LogP) is 2.73. The average Bonchev–Trinajstić information content (AvgIpc) is 2.58. The fraction of sp³-hybridized carbons (Fsp3) is 0.421. The van der Waals surface area contributed by atoms with Gasteiger partial charge in [0.1, 0.15) is 6.04 Å². The summed E-state index contributed by atoms with van der Waals surface area (Å²) in [5, 5.41) is 6.46. The predicted molar refractivity (Wildman–Crippen MR) is 101 cm³/mol. The lowest BCUT2D eigenvalue weighted by Crippen LogP contribution is -2.42. The van der Waals surface area contributed by atoms with E-state index in [0.717, 1.165) is 0 Å². The maximum absolute atomic E-state index is 12.6. The van der Waals surface area contributed by atoms with Gasteiger partial charge >= 0.3 is 12.0 Å². The number of rotatable bonds is 6. The Balaban J connectivity index is 2.30. The van der Waals surface area contributed by atoms with Crippen molar-refractivity contribution in [1.82, 2.24) is 9.88 Å². The largest absolute Gasteiger partial charge is 0.464 e. The standard InChI is InChI=1S/C19H25N3O4/c1-5-26-18(24)13(4)20-19(25)21-16-11-22(10-12(2)3)17(23)15-9-7-6-8-14(15)16/h6-9,11-13H,5,10H2,1-4H3,(H2,20,21,25). The maximum Gasteiger partial charge on any atom is 0.328 e. The number of pyridine rings is 1. The van der Waals surface area contributed by atoms with Gasteiger partial charge in [-0.25, -0.2) is 9.59 Å². The second kappa shape index (κ2) is 8.51. The minimum Gasteiger partial charge on any atom is -0.464 e. The van der Waals surface area contributed by atoms with Crippen LogP contribution in [0, 0.1) is 5.92 Å². The number of aromatic nitrogens is 1. The molecule has 0 aliphatic rings. The van der Waals surface area contributed by atoms with Crippen molar-refractivity contribution in [2.24, 2.45) is 5.92 Å². The van der Waals surface area contributed by atoms with Crippen LogP contribution in [-0.2, 0) is 16.1 Å². The summed E-state index contributed by atoms with van der Waals surface area (Å²) in [5.74, 6) is -0.225. The summed E-state index contributed by atoms with van der Waals surface area (Å²) in [4.78, 5) is 36.5. The third kappa shape index (κ3) is 4.62. The summed E-state index contributed by atoms with van der Waals surface area (Å²) in [6.07, 6.45) is 1.64. The minimum atomic E-state index is -0.775. The van der Waals surface area contributed by atoms with E-state index in [0.29, 0.717) is 23.0 Å². The number of hydrogen-bond donors (Lipinski definition) is 2. The Morgan fingerprint density at radius 2 is 1.81 bits per heavy atom. The van der Waals surface area contributed by atoms with Gasteiger partial charge in [-0.05, 0) is 25.8 Å². The lowest BCUT2D eigenvalue weighted by molar-refractivity contribution is -0.144. The molecule has 0 radical (unpaired) electrons. The first-order chi connectivity index (χ1) is 12.3. The van der Waals surface area contributed by atoms with Crippen molar-refractivity contribution in [2.75, 3.05) is 11.9 Å². The van der Waals surface area contributed by atoms with E-state index < -0.39 is 18.0 Å². The molecular weight excluding hydrogens is 334 g/mol. The molecular formula is C19H25N3O4. The lowest BCUT2D eigenvalue weighted by atomic mass is 10.1. The number of carbonyl (C=O) groups is 2. The second-order valence-corrected chi connectivity index (χ2v) is 6.51. The molecule has 2 aromatic rings. The number of benzene rings is 1. The Morgan fingerprint density at radius 1 is 1.15 bits per heavy atom. The Kier molecular flexibility index (Phi) is 6.38. The summed E-state index contributed by atoms with van der Waals surface area (Å²) in [5.41, 5.74) is 0.412. The highest BCUT2D eigenvalue weighted by Crippen LogP contribution is 2.20. The summed E-state index contributed by atoms with van der Waals surface area (Å²) >= 11 is 0. The quantitative estimate of drug-likeness (QED) is 0.776. The van der Waals surface area contributed by atoms with Crippen LogP contribution in [0.1, 0.15) is 27.7 Å². The van der Waals surface area contributed by atoms with Crippen molar-refractivity contribution in [3.8, 4) is 0 Å². The molecule has 1 unspecified atom stereocenters. The van der Waals surface area contributed by atoms with E-state index in [4.69, 9.17) is 4.74 Å². The highest BCUT2D eigenvalue weighted by atomic mass is 16.5. The summed E-state index contributed by atoms with van der Waals surface area (Å²) in [7, 11) is 0. The third-order valence-electron chi connectivity index (χ3n) is 3.79. The normalized spacial score (nSPS) is 12.0. The van der Waals surface area contributed by atoms with Crippen LogP contribution >= 0.6 is 0 Å². The molecule has 2 rings (SSSR count). The number of hydrogen-bond acceptors (Lipinski definition) is 4. The molecule has 2 amide bonds. The number of anilines is 1. The van der Waals surface area contributed by atoms with Crippen LogP contribution < -0.4 is 16.2 Å². The number of fused-ring (bicyclic) bond motifs is 1. The summed E-state index contributed by atoms with van der Waals surface area (Å²) in [6.45, 7) is 8.07. The maximum atomic E-state index is 12.6. The molecule has 1 aromatic carbocycles. The van der Waals surface area contributed by atoms with Gasteiger partial charge < -0.3 is 19.9 Å². The molecule has 0 saturated heterocycles. The molecule has 0 aliphatic carbocycles. The van der Waals surface area contributed by atoms with Gasteiger partial charge in [-0.1, -0.05) is 32.0 Å². The first-order valence-electron chi connectivity index (χ1n) is 8.69. The average molecular weight is 359 g/mol. The molecule has 2 N–H and O–H groups in total. The molecule has 1 atom stereocenters. The summed E-state index contributed by atoms with van der Waals surface area (Å²) in [6, 6.07) is 5.79. The minimum absolute atomic E-state index is 0.0971. The molecule has 140 valence electrons. The van der Waals surface area contributed by atoms with Crippen LogP contribution in [0.5, 0.6) is 0 Å². The van der Waals surface area contributed by atoms with Crippen molar-refractivity contribution in [1.29, 1.82) is 0 Å². The van der Waals surface area contributed by atoms with E-state index in [1.807, 2.05) is 13.8 Å². The first kappa shape index (κ1) is 19.5. The van der Waals surface area contributed by atoms with Crippen molar-refractivity contribution in [3.05, 3.63) is 40.8 Å². The third-order valence-corrected chi connectivity index (χ3v) is 3.79. The Labute approximate surface area is 152 Å². The van der Waals surface area contributed by atoms with Crippen molar-refractivity contribution < 1.29 is 14.3 Å². The van der Waals surface area contributed by atoms with E-state index in [1.54, 1.807) is 48.9 Å². The number of nitrogens with zero attached hydrogens (tertiary/aromatic N) is 1. The monoisotopic (exact) mass is 359 g/mol. The van der Waals surface area contributed by atoms with E-state index in [9.17, 15) is 14.4 Å². The van der Waals surface area contributed by atoms with Crippen LogP contribution in [-0.4, -0.2) is 29.2 Å². The van der Waals surface area contributed by atoms with E-state index >= 15 is 0 Å². The second-order valence-electron chi connectivity index (χ2n) is 6.51. The first-order valence-corrected chi connectivity index (χ1v) is 8.69. The van der Waals surface area contributed by atoms with Crippen molar-refractivity contribution >= 4 is 28.5 Å². The zero-order chi connectivity index (χ0) is 19.3. The zero-order valence-corrected chi connectivity index (χ0v) is 15.5. The molecule has 0 fully saturated rings.